The SMILES string of the molecule is CCCCNC(=O)NS(=O)(=O)c1ccc(C)cc1.[NaH]. The Balaban J connectivity index is 0.00000324. The molecule has 102 valence electrons. The van der Waals surface area contributed by atoms with E-state index in [0.29, 0.717) is 6.54 Å². The molecule has 0 aliphatic rings. The van der Waals surface area contributed by atoms with Crippen molar-refractivity contribution in [2.24, 2.45) is 0 Å². The van der Waals surface area contributed by atoms with Crippen LogP contribution in [-0.4, -0.2) is 50.6 Å². The van der Waals surface area contributed by atoms with Gasteiger partial charge in [-0.25, -0.2) is 17.9 Å². The van der Waals surface area contributed by atoms with E-state index in [2.05, 4.69) is 5.32 Å². The van der Waals surface area contributed by atoms with Gasteiger partial charge in [0.2, 0.25) is 0 Å². The molecule has 0 aliphatic heterocycles. The van der Waals surface area contributed by atoms with Crippen LogP contribution in [0.2, 0.25) is 0 Å². The predicted octanol–water partition coefficient (Wildman–Crippen LogP) is 1.13. The zero-order valence-corrected chi connectivity index (χ0v) is 11.4. The van der Waals surface area contributed by atoms with Crippen molar-refractivity contribution < 1.29 is 13.2 Å². The van der Waals surface area contributed by atoms with Crippen LogP contribution in [0, 0.1) is 6.92 Å². The minimum atomic E-state index is -3.78. The summed E-state index contributed by atoms with van der Waals surface area (Å²) >= 11 is 0. The molecule has 0 aromatic heterocycles. The van der Waals surface area contributed by atoms with Gasteiger partial charge >= 0.3 is 35.6 Å². The summed E-state index contributed by atoms with van der Waals surface area (Å²) in [6.45, 7) is 4.32. The second kappa shape index (κ2) is 8.58. The molecule has 0 atom stereocenters. The zero-order valence-electron chi connectivity index (χ0n) is 10.6. The summed E-state index contributed by atoms with van der Waals surface area (Å²) in [4.78, 5) is 11.5. The second-order valence-corrected chi connectivity index (χ2v) is 5.71. The number of nitrogens with one attached hydrogen (secondary N) is 2. The Bertz CT molecular complexity index is 500. The average molecular weight is 294 g/mol. The number of hydrogen-bond donors (Lipinski definition) is 2. The third-order valence-corrected chi connectivity index (χ3v) is 3.72. The zero-order chi connectivity index (χ0) is 13.6. The first-order valence-electron chi connectivity index (χ1n) is 5.83. The molecule has 0 saturated heterocycles. The number of benzene rings is 1. The van der Waals surface area contributed by atoms with E-state index in [1.54, 1.807) is 12.1 Å². The summed E-state index contributed by atoms with van der Waals surface area (Å²) in [6, 6.07) is 5.62. The predicted molar refractivity (Wildman–Crippen MR) is 77.0 cm³/mol. The fourth-order valence-corrected chi connectivity index (χ4v) is 2.24. The number of hydrogen-bond acceptors (Lipinski definition) is 3. The molecule has 2 N–H and O–H groups in total. The van der Waals surface area contributed by atoms with Gasteiger partial charge in [-0.15, -0.1) is 0 Å². The number of unbranched alkanes of at least 4 members (excludes halogenated alkanes) is 1. The molecule has 0 unspecified atom stereocenters. The van der Waals surface area contributed by atoms with Crippen LogP contribution in [0.5, 0.6) is 0 Å². The van der Waals surface area contributed by atoms with Crippen molar-refractivity contribution in [3.8, 4) is 0 Å². The molecular weight excluding hydrogens is 275 g/mol. The van der Waals surface area contributed by atoms with E-state index in [1.165, 1.54) is 12.1 Å². The molecule has 2 amide bonds. The summed E-state index contributed by atoms with van der Waals surface area (Å²) in [5.41, 5.74) is 0.960. The van der Waals surface area contributed by atoms with Gasteiger partial charge in [-0.2, -0.15) is 0 Å². The fraction of sp³-hybridized carbons (Fsp3) is 0.417. The van der Waals surface area contributed by atoms with Crippen molar-refractivity contribution in [1.82, 2.24) is 10.0 Å². The molecule has 0 radical (unpaired) electrons. The van der Waals surface area contributed by atoms with Crippen LogP contribution in [0.4, 0.5) is 4.79 Å². The van der Waals surface area contributed by atoms with Gasteiger partial charge in [0, 0.05) is 6.54 Å². The van der Waals surface area contributed by atoms with Gasteiger partial charge in [0.15, 0.2) is 0 Å². The maximum atomic E-state index is 11.8. The van der Waals surface area contributed by atoms with Crippen molar-refractivity contribution in [3.05, 3.63) is 29.8 Å². The normalized spacial score (nSPS) is 10.4. The number of urea groups is 1. The van der Waals surface area contributed by atoms with Crippen molar-refractivity contribution >= 4 is 45.6 Å². The van der Waals surface area contributed by atoms with E-state index in [-0.39, 0.29) is 34.5 Å². The van der Waals surface area contributed by atoms with Gasteiger partial charge in [0.1, 0.15) is 0 Å². The molecule has 0 fully saturated rings. The molecule has 1 rings (SSSR count). The molecule has 19 heavy (non-hydrogen) atoms. The third-order valence-electron chi connectivity index (χ3n) is 2.37. The fourth-order valence-electron chi connectivity index (χ4n) is 1.31. The third kappa shape index (κ3) is 6.42. The molecule has 0 spiro atoms. The van der Waals surface area contributed by atoms with Crippen LogP contribution in [0.1, 0.15) is 25.3 Å². The standard InChI is InChI=1S/C12H18N2O3S.Na.H/c1-3-4-9-13-12(15)14-18(16,17)11-7-5-10(2)6-8-11;;/h5-8H,3-4,9H2,1-2H3,(H2,13,14,15);;. The van der Waals surface area contributed by atoms with Crippen LogP contribution >= 0.6 is 0 Å². The molecule has 1 aromatic carbocycles. The summed E-state index contributed by atoms with van der Waals surface area (Å²) in [7, 11) is -3.78. The molecule has 0 aliphatic carbocycles. The molecule has 0 bridgehead atoms. The molecule has 5 nitrogen and oxygen atoms in total. The van der Waals surface area contributed by atoms with Crippen LogP contribution in [-0.2, 0) is 10.0 Å². The van der Waals surface area contributed by atoms with E-state index < -0.39 is 16.1 Å². The van der Waals surface area contributed by atoms with Gasteiger partial charge in [0.05, 0.1) is 4.90 Å². The van der Waals surface area contributed by atoms with E-state index in [0.717, 1.165) is 18.4 Å². The molecule has 0 heterocycles. The Morgan fingerprint density at radius 1 is 1.21 bits per heavy atom. The van der Waals surface area contributed by atoms with E-state index in [4.69, 9.17) is 0 Å². The first-order valence-corrected chi connectivity index (χ1v) is 7.31. The Morgan fingerprint density at radius 3 is 2.32 bits per heavy atom. The summed E-state index contributed by atoms with van der Waals surface area (Å²) in [5.74, 6) is 0. The maximum absolute atomic E-state index is 11.8. The first kappa shape index (κ1) is 18.4. The van der Waals surface area contributed by atoms with Crippen LogP contribution in [0.3, 0.4) is 0 Å². The van der Waals surface area contributed by atoms with Gasteiger partial charge in [-0.05, 0) is 25.5 Å². The van der Waals surface area contributed by atoms with Gasteiger partial charge in [0.25, 0.3) is 10.0 Å². The molecule has 0 saturated carbocycles. The Kier molecular flexibility index (Phi) is 8.33. The van der Waals surface area contributed by atoms with E-state index in [9.17, 15) is 13.2 Å². The van der Waals surface area contributed by atoms with E-state index >= 15 is 0 Å². The Hall–Kier alpha value is -0.560. The van der Waals surface area contributed by atoms with Crippen molar-refractivity contribution in [1.29, 1.82) is 0 Å². The molecular formula is C12H19N2NaO3S. The van der Waals surface area contributed by atoms with Gasteiger partial charge in [-0.1, -0.05) is 31.0 Å². The number of carbonyl (C=O) groups is 1. The van der Waals surface area contributed by atoms with Gasteiger partial charge in [-0.3, -0.25) is 0 Å². The number of amides is 2. The van der Waals surface area contributed by atoms with Crippen LogP contribution < -0.4 is 10.0 Å². The Labute approximate surface area is 136 Å². The van der Waals surface area contributed by atoms with E-state index in [1.807, 2.05) is 18.6 Å². The number of rotatable bonds is 5. The summed E-state index contributed by atoms with van der Waals surface area (Å²) in [5, 5.41) is 2.49. The second-order valence-electron chi connectivity index (χ2n) is 4.03. The summed E-state index contributed by atoms with van der Waals surface area (Å²) in [6.07, 6.45) is 1.75. The van der Waals surface area contributed by atoms with Crippen molar-refractivity contribution in [2.45, 2.75) is 31.6 Å². The quantitative estimate of drug-likeness (QED) is 0.631. The average Bonchev–Trinajstić information content (AvgIpc) is 2.29. The summed E-state index contributed by atoms with van der Waals surface area (Å²) < 4.78 is 25.6. The van der Waals surface area contributed by atoms with Crippen molar-refractivity contribution in [2.75, 3.05) is 6.54 Å². The van der Waals surface area contributed by atoms with Crippen LogP contribution in [0.15, 0.2) is 29.2 Å². The number of sulfonamides is 1. The minimum absolute atomic E-state index is 0. The first-order chi connectivity index (χ1) is 8.45. The van der Waals surface area contributed by atoms with Crippen LogP contribution in [0.25, 0.3) is 0 Å². The number of aryl methyl sites for hydroxylation is 1. The topological polar surface area (TPSA) is 75.3 Å². The van der Waals surface area contributed by atoms with Gasteiger partial charge < -0.3 is 5.32 Å². The monoisotopic (exact) mass is 294 g/mol. The number of carbonyl (C=O) groups excluding carboxylic acids is 1. The molecule has 1 aromatic rings. The molecule has 7 heteroatoms. The Morgan fingerprint density at radius 2 is 1.79 bits per heavy atom. The van der Waals surface area contributed by atoms with Crippen molar-refractivity contribution in [3.63, 3.8) is 0 Å².